The maximum Gasteiger partial charge on any atom is 0.141 e. The maximum atomic E-state index is 13.4. The molecule has 1 saturated heterocycles. The summed E-state index contributed by atoms with van der Waals surface area (Å²) in [6.07, 6.45) is 3.61. The molecule has 8 heteroatoms. The maximum absolute atomic E-state index is 13.4. The zero-order valence-corrected chi connectivity index (χ0v) is 15.9. The van der Waals surface area contributed by atoms with E-state index in [0.717, 1.165) is 54.5 Å². The highest BCUT2D eigenvalue weighted by Gasteiger charge is 2.24. The summed E-state index contributed by atoms with van der Waals surface area (Å²) in [5.74, 6) is 1.56. The Hall–Kier alpha value is -2.51. The van der Waals surface area contributed by atoms with Crippen LogP contribution in [-0.4, -0.2) is 41.5 Å². The largest absolute Gasteiger partial charge is 0.411 e. The van der Waals surface area contributed by atoms with Crippen molar-refractivity contribution in [1.29, 1.82) is 0 Å². The Balaban J connectivity index is 1.54. The van der Waals surface area contributed by atoms with Crippen molar-refractivity contribution in [2.45, 2.75) is 19.3 Å². The van der Waals surface area contributed by atoms with Crippen molar-refractivity contribution in [3.8, 4) is 0 Å². The van der Waals surface area contributed by atoms with Crippen LogP contribution in [0.15, 0.2) is 40.6 Å². The van der Waals surface area contributed by atoms with Crippen LogP contribution in [0.5, 0.6) is 0 Å². The molecule has 3 heterocycles. The molecule has 0 saturated carbocycles. The molecule has 2 aromatic rings. The molecule has 1 atom stereocenters. The van der Waals surface area contributed by atoms with Gasteiger partial charge >= 0.3 is 0 Å². The van der Waals surface area contributed by atoms with Gasteiger partial charge in [0.15, 0.2) is 0 Å². The van der Waals surface area contributed by atoms with Crippen LogP contribution in [0, 0.1) is 11.7 Å². The standard InChI is InChI=1S/C20H20ClFN4O2/c21-16-7-12(1-2-17(16)22)8-18(26-27)14-3-5-23-20-15(14)9-19(25-20)24-10-13-4-6-28-11-13/h1-3,5,7,13,27H,4,6,8-11H2,(H,23,24,25)/b26-18+. The molecule has 1 aromatic carbocycles. The topological polar surface area (TPSA) is 79.1 Å². The van der Waals surface area contributed by atoms with Gasteiger partial charge in [0.2, 0.25) is 0 Å². The van der Waals surface area contributed by atoms with Gasteiger partial charge in [-0.25, -0.2) is 9.37 Å². The van der Waals surface area contributed by atoms with Crippen molar-refractivity contribution < 1.29 is 14.3 Å². The zero-order valence-electron chi connectivity index (χ0n) is 15.2. The fourth-order valence-electron chi connectivity index (χ4n) is 3.49. The number of anilines is 1. The molecule has 146 valence electrons. The highest BCUT2D eigenvalue weighted by Crippen LogP contribution is 2.27. The van der Waals surface area contributed by atoms with Crippen LogP contribution in [0.2, 0.25) is 5.02 Å². The molecule has 2 aliphatic heterocycles. The molecule has 2 N–H and O–H groups in total. The highest BCUT2D eigenvalue weighted by atomic mass is 35.5. The molecule has 0 radical (unpaired) electrons. The SMILES string of the molecule is O/N=C(\Cc1ccc(F)c(Cl)c1)c1ccnc2c1CC(=NCC1CCOC1)N2. The average Bonchev–Trinajstić information content (AvgIpc) is 3.36. The van der Waals surface area contributed by atoms with E-state index in [0.29, 0.717) is 24.5 Å². The van der Waals surface area contributed by atoms with Crippen LogP contribution < -0.4 is 5.32 Å². The third kappa shape index (κ3) is 4.00. The van der Waals surface area contributed by atoms with Crippen molar-refractivity contribution in [3.05, 3.63) is 58.0 Å². The van der Waals surface area contributed by atoms with Crippen molar-refractivity contribution >= 4 is 29.0 Å². The number of benzene rings is 1. The number of amidine groups is 1. The number of fused-ring (bicyclic) bond motifs is 1. The number of hydrogen-bond acceptors (Lipinski definition) is 5. The predicted molar refractivity (Wildman–Crippen MR) is 106 cm³/mol. The van der Waals surface area contributed by atoms with Gasteiger partial charge in [-0.05, 0) is 30.2 Å². The van der Waals surface area contributed by atoms with Crippen molar-refractivity contribution in [2.75, 3.05) is 25.1 Å². The molecule has 4 rings (SSSR count). The minimum Gasteiger partial charge on any atom is -0.411 e. The summed E-state index contributed by atoms with van der Waals surface area (Å²) in [5, 5.41) is 16.4. The third-order valence-electron chi connectivity index (χ3n) is 5.01. The number of halogens is 2. The molecule has 0 aliphatic carbocycles. The first kappa shape index (κ1) is 18.8. The minimum atomic E-state index is -0.476. The first-order chi connectivity index (χ1) is 13.6. The lowest BCUT2D eigenvalue weighted by Crippen LogP contribution is -2.12. The fraction of sp³-hybridized carbons (Fsp3) is 0.350. The van der Waals surface area contributed by atoms with Gasteiger partial charge in [-0.1, -0.05) is 22.8 Å². The van der Waals surface area contributed by atoms with Gasteiger partial charge in [-0.2, -0.15) is 0 Å². The van der Waals surface area contributed by atoms with Crippen molar-refractivity contribution in [2.24, 2.45) is 16.1 Å². The van der Waals surface area contributed by atoms with Crippen LogP contribution in [0.25, 0.3) is 0 Å². The van der Waals surface area contributed by atoms with E-state index in [4.69, 9.17) is 16.3 Å². The number of aliphatic imine (C=N–C) groups is 1. The summed E-state index contributed by atoms with van der Waals surface area (Å²) >= 11 is 5.87. The number of ether oxygens (including phenoxy) is 1. The molecule has 1 fully saturated rings. The average molecular weight is 403 g/mol. The second-order valence-electron chi connectivity index (χ2n) is 6.98. The first-order valence-electron chi connectivity index (χ1n) is 9.15. The Morgan fingerprint density at radius 2 is 2.29 bits per heavy atom. The van der Waals surface area contributed by atoms with Crippen LogP contribution >= 0.6 is 11.6 Å². The van der Waals surface area contributed by atoms with E-state index in [1.54, 1.807) is 12.3 Å². The molecular weight excluding hydrogens is 383 g/mol. The number of nitrogens with zero attached hydrogens (tertiary/aromatic N) is 3. The van der Waals surface area contributed by atoms with Gasteiger partial charge in [0.25, 0.3) is 0 Å². The van der Waals surface area contributed by atoms with E-state index >= 15 is 0 Å². The summed E-state index contributed by atoms with van der Waals surface area (Å²) in [4.78, 5) is 9.05. The lowest BCUT2D eigenvalue weighted by atomic mass is 9.98. The Morgan fingerprint density at radius 1 is 1.39 bits per heavy atom. The molecule has 1 unspecified atom stereocenters. The quantitative estimate of drug-likeness (QED) is 0.454. The lowest BCUT2D eigenvalue weighted by molar-refractivity contribution is 0.187. The Bertz CT molecular complexity index is 942. The molecule has 6 nitrogen and oxygen atoms in total. The van der Waals surface area contributed by atoms with Gasteiger partial charge in [-0.3, -0.25) is 4.99 Å². The second kappa shape index (κ2) is 8.24. The summed E-state index contributed by atoms with van der Waals surface area (Å²) < 4.78 is 18.8. The van der Waals surface area contributed by atoms with Gasteiger partial charge in [0.05, 0.1) is 17.3 Å². The van der Waals surface area contributed by atoms with Crippen LogP contribution in [0.1, 0.15) is 23.1 Å². The van der Waals surface area contributed by atoms with E-state index < -0.39 is 5.82 Å². The summed E-state index contributed by atoms with van der Waals surface area (Å²) in [5.41, 5.74) is 2.94. The molecule has 2 aliphatic rings. The third-order valence-corrected chi connectivity index (χ3v) is 5.30. The number of rotatable bonds is 5. The van der Waals surface area contributed by atoms with Gasteiger partial charge in [-0.15, -0.1) is 0 Å². The zero-order chi connectivity index (χ0) is 19.5. The second-order valence-corrected chi connectivity index (χ2v) is 7.38. The van der Waals surface area contributed by atoms with E-state index in [2.05, 4.69) is 20.4 Å². The Morgan fingerprint density at radius 3 is 3.04 bits per heavy atom. The molecule has 0 bridgehead atoms. The van der Waals surface area contributed by atoms with Gasteiger partial charge < -0.3 is 15.3 Å². The molecule has 0 amide bonds. The van der Waals surface area contributed by atoms with Gasteiger partial charge in [0.1, 0.15) is 17.5 Å². The summed E-state index contributed by atoms with van der Waals surface area (Å²) in [7, 11) is 0. The molecule has 28 heavy (non-hydrogen) atoms. The highest BCUT2D eigenvalue weighted by molar-refractivity contribution is 6.30. The minimum absolute atomic E-state index is 0.0433. The summed E-state index contributed by atoms with van der Waals surface area (Å²) in [6, 6.07) is 6.29. The molecule has 1 aromatic heterocycles. The number of pyridine rings is 1. The normalized spacial score (nSPS) is 20.4. The fourth-order valence-corrected chi connectivity index (χ4v) is 3.69. The van der Waals surface area contributed by atoms with E-state index in [1.807, 2.05) is 6.07 Å². The monoisotopic (exact) mass is 402 g/mol. The summed E-state index contributed by atoms with van der Waals surface area (Å²) in [6.45, 7) is 2.29. The van der Waals surface area contributed by atoms with Gasteiger partial charge in [0, 0.05) is 49.2 Å². The van der Waals surface area contributed by atoms with Crippen LogP contribution in [-0.2, 0) is 17.6 Å². The first-order valence-corrected chi connectivity index (χ1v) is 9.53. The van der Waals surface area contributed by atoms with E-state index in [1.165, 1.54) is 12.1 Å². The molecule has 0 spiro atoms. The number of hydrogen-bond donors (Lipinski definition) is 2. The lowest BCUT2D eigenvalue weighted by Gasteiger charge is -2.09. The number of oxime groups is 1. The molecular formula is C20H20ClFN4O2. The van der Waals surface area contributed by atoms with E-state index in [9.17, 15) is 9.60 Å². The number of nitrogens with one attached hydrogen (secondary N) is 1. The van der Waals surface area contributed by atoms with Crippen molar-refractivity contribution in [3.63, 3.8) is 0 Å². The van der Waals surface area contributed by atoms with E-state index in [-0.39, 0.29) is 5.02 Å². The Kier molecular flexibility index (Phi) is 5.54. The Labute approximate surface area is 167 Å². The van der Waals surface area contributed by atoms with Crippen LogP contribution in [0.4, 0.5) is 10.2 Å². The predicted octanol–water partition coefficient (Wildman–Crippen LogP) is 3.70. The smallest absolute Gasteiger partial charge is 0.141 e. The van der Waals surface area contributed by atoms with Crippen LogP contribution in [0.3, 0.4) is 0 Å². The number of aromatic nitrogens is 1. The van der Waals surface area contributed by atoms with Crippen molar-refractivity contribution in [1.82, 2.24) is 4.98 Å².